The Morgan fingerprint density at radius 2 is 2.08 bits per heavy atom. The summed E-state index contributed by atoms with van der Waals surface area (Å²) >= 11 is 0. The molecule has 0 saturated carbocycles. The van der Waals surface area contributed by atoms with Crippen LogP contribution in [-0.4, -0.2) is 61.3 Å². The van der Waals surface area contributed by atoms with Crippen LogP contribution in [0.15, 0.2) is 18.2 Å². The molecule has 8 heteroatoms. The Morgan fingerprint density at radius 3 is 2.67 bits per heavy atom. The summed E-state index contributed by atoms with van der Waals surface area (Å²) in [7, 11) is 1.54. The Balaban J connectivity index is 1.97. The highest BCUT2D eigenvalue weighted by Crippen LogP contribution is 2.23. The first kappa shape index (κ1) is 18.4. The number of hydrogen-bond donors (Lipinski definition) is 1. The third-order valence-electron chi connectivity index (χ3n) is 4.12. The van der Waals surface area contributed by atoms with Crippen molar-refractivity contribution in [2.45, 2.75) is 26.1 Å². The van der Waals surface area contributed by atoms with Crippen molar-refractivity contribution in [3.05, 3.63) is 23.8 Å². The standard InChI is InChI=1S/C16H22F3N3O2/c1-11-4-5-13(24-3)8-14(11)20-15(23)21-6-7-22(12(2)9-21)10-16(17,18)19/h4-5,8,12H,6-7,9-10H2,1-3H3,(H,20,23)/t12-/m1/s1. The van der Waals surface area contributed by atoms with E-state index in [0.717, 1.165) is 5.56 Å². The quantitative estimate of drug-likeness (QED) is 0.916. The molecule has 1 aromatic carbocycles. The molecule has 134 valence electrons. The maximum atomic E-state index is 12.5. The molecule has 0 spiro atoms. The summed E-state index contributed by atoms with van der Waals surface area (Å²) in [6, 6.07) is 4.68. The third kappa shape index (κ3) is 4.77. The molecule has 1 saturated heterocycles. The second-order valence-corrected chi connectivity index (χ2v) is 5.99. The summed E-state index contributed by atoms with van der Waals surface area (Å²) in [5, 5.41) is 2.80. The number of carbonyl (C=O) groups excluding carboxylic acids is 1. The van der Waals surface area contributed by atoms with Crippen LogP contribution >= 0.6 is 0 Å². The molecule has 2 amide bonds. The van der Waals surface area contributed by atoms with Gasteiger partial charge in [0.15, 0.2) is 0 Å². The van der Waals surface area contributed by atoms with E-state index in [1.165, 1.54) is 16.9 Å². The molecule has 2 rings (SSSR count). The average molecular weight is 345 g/mol. The molecule has 1 aliphatic rings. The van der Waals surface area contributed by atoms with Gasteiger partial charge >= 0.3 is 12.2 Å². The minimum absolute atomic E-state index is 0.200. The lowest BCUT2D eigenvalue weighted by molar-refractivity contribution is -0.153. The second-order valence-electron chi connectivity index (χ2n) is 5.99. The van der Waals surface area contributed by atoms with Gasteiger partial charge < -0.3 is 15.0 Å². The van der Waals surface area contributed by atoms with Crippen molar-refractivity contribution in [2.75, 3.05) is 38.6 Å². The predicted octanol–water partition coefficient (Wildman–Crippen LogP) is 3.10. The zero-order valence-corrected chi connectivity index (χ0v) is 14.0. The summed E-state index contributed by atoms with van der Waals surface area (Å²) in [6.07, 6.45) is -4.23. The first-order chi connectivity index (χ1) is 11.2. The molecule has 1 heterocycles. The van der Waals surface area contributed by atoms with Gasteiger partial charge in [0, 0.05) is 37.4 Å². The van der Waals surface area contributed by atoms with Crippen LogP contribution in [0.1, 0.15) is 12.5 Å². The Labute approximate surface area is 139 Å². The van der Waals surface area contributed by atoms with E-state index >= 15 is 0 Å². The van der Waals surface area contributed by atoms with Crippen LogP contribution < -0.4 is 10.1 Å². The Kier molecular flexibility index (Phi) is 5.58. The maximum absolute atomic E-state index is 12.5. The number of hydrogen-bond acceptors (Lipinski definition) is 3. The number of amides is 2. The molecule has 1 aliphatic heterocycles. The van der Waals surface area contributed by atoms with Gasteiger partial charge in [-0.1, -0.05) is 6.07 Å². The van der Waals surface area contributed by atoms with Crippen molar-refractivity contribution in [3.8, 4) is 5.75 Å². The van der Waals surface area contributed by atoms with Gasteiger partial charge in [0.1, 0.15) is 5.75 Å². The smallest absolute Gasteiger partial charge is 0.401 e. The number of methoxy groups -OCH3 is 1. The molecule has 1 N–H and O–H groups in total. The summed E-state index contributed by atoms with van der Waals surface area (Å²) in [5.74, 6) is 0.624. The molecule has 1 fully saturated rings. The molecule has 0 bridgehead atoms. The number of alkyl halides is 3. The number of urea groups is 1. The predicted molar refractivity (Wildman–Crippen MR) is 85.4 cm³/mol. The molecule has 0 aromatic heterocycles. The van der Waals surface area contributed by atoms with Gasteiger partial charge in [-0.05, 0) is 25.5 Å². The van der Waals surface area contributed by atoms with Gasteiger partial charge in [-0.2, -0.15) is 13.2 Å². The zero-order chi connectivity index (χ0) is 17.9. The number of benzene rings is 1. The summed E-state index contributed by atoms with van der Waals surface area (Å²) < 4.78 is 42.7. The molecular formula is C16H22F3N3O2. The number of nitrogens with zero attached hydrogens (tertiary/aromatic N) is 2. The second kappa shape index (κ2) is 7.29. The van der Waals surface area contributed by atoms with Gasteiger partial charge in [-0.3, -0.25) is 4.90 Å². The van der Waals surface area contributed by atoms with Gasteiger partial charge in [0.05, 0.1) is 13.7 Å². The van der Waals surface area contributed by atoms with Crippen molar-refractivity contribution < 1.29 is 22.7 Å². The van der Waals surface area contributed by atoms with Crippen LogP contribution in [0.2, 0.25) is 0 Å². The van der Waals surface area contributed by atoms with Crippen LogP contribution in [0, 0.1) is 6.92 Å². The highest BCUT2D eigenvalue weighted by molar-refractivity contribution is 5.90. The number of piperazine rings is 1. The largest absolute Gasteiger partial charge is 0.497 e. The minimum Gasteiger partial charge on any atom is -0.497 e. The summed E-state index contributed by atoms with van der Waals surface area (Å²) in [4.78, 5) is 15.3. The number of anilines is 1. The van der Waals surface area contributed by atoms with Crippen molar-refractivity contribution in [1.82, 2.24) is 9.80 Å². The van der Waals surface area contributed by atoms with Crippen LogP contribution in [0.25, 0.3) is 0 Å². The highest BCUT2D eigenvalue weighted by Gasteiger charge is 2.35. The molecule has 1 atom stereocenters. The number of aryl methyl sites for hydroxylation is 1. The van der Waals surface area contributed by atoms with Crippen molar-refractivity contribution >= 4 is 11.7 Å². The number of carbonyl (C=O) groups is 1. The first-order valence-corrected chi connectivity index (χ1v) is 7.71. The molecule has 0 unspecified atom stereocenters. The van der Waals surface area contributed by atoms with E-state index in [1.54, 1.807) is 19.1 Å². The van der Waals surface area contributed by atoms with Crippen LogP contribution in [-0.2, 0) is 0 Å². The van der Waals surface area contributed by atoms with Crippen molar-refractivity contribution in [1.29, 1.82) is 0 Å². The molecule has 5 nitrogen and oxygen atoms in total. The van der Waals surface area contributed by atoms with Crippen LogP contribution in [0.3, 0.4) is 0 Å². The zero-order valence-electron chi connectivity index (χ0n) is 14.0. The van der Waals surface area contributed by atoms with E-state index in [1.807, 2.05) is 13.0 Å². The normalized spacial score (nSPS) is 19.2. The van der Waals surface area contributed by atoms with Gasteiger partial charge in [0.25, 0.3) is 0 Å². The highest BCUT2D eigenvalue weighted by atomic mass is 19.4. The van der Waals surface area contributed by atoms with E-state index in [0.29, 0.717) is 11.4 Å². The topological polar surface area (TPSA) is 44.8 Å². The molecule has 1 aromatic rings. The monoisotopic (exact) mass is 345 g/mol. The van der Waals surface area contributed by atoms with Gasteiger partial charge in [0.2, 0.25) is 0 Å². The lowest BCUT2D eigenvalue weighted by Gasteiger charge is -2.40. The number of nitrogens with one attached hydrogen (secondary N) is 1. The number of halogens is 3. The lowest BCUT2D eigenvalue weighted by atomic mass is 10.2. The fourth-order valence-corrected chi connectivity index (χ4v) is 2.70. The van der Waals surface area contributed by atoms with Crippen LogP contribution in [0.4, 0.5) is 23.7 Å². The Hall–Kier alpha value is -1.96. The van der Waals surface area contributed by atoms with Crippen molar-refractivity contribution in [3.63, 3.8) is 0 Å². The van der Waals surface area contributed by atoms with E-state index in [9.17, 15) is 18.0 Å². The summed E-state index contributed by atoms with van der Waals surface area (Å²) in [6.45, 7) is 3.32. The molecule has 0 aliphatic carbocycles. The van der Waals surface area contributed by atoms with Gasteiger partial charge in [-0.25, -0.2) is 4.79 Å². The van der Waals surface area contributed by atoms with Crippen molar-refractivity contribution in [2.24, 2.45) is 0 Å². The van der Waals surface area contributed by atoms with E-state index in [2.05, 4.69) is 5.32 Å². The molecular weight excluding hydrogens is 323 g/mol. The van der Waals surface area contributed by atoms with Gasteiger partial charge in [-0.15, -0.1) is 0 Å². The van der Waals surface area contributed by atoms with E-state index in [-0.39, 0.29) is 31.7 Å². The average Bonchev–Trinajstić information content (AvgIpc) is 2.50. The lowest BCUT2D eigenvalue weighted by Crippen LogP contribution is -2.56. The first-order valence-electron chi connectivity index (χ1n) is 7.71. The number of rotatable bonds is 3. The molecule has 0 radical (unpaired) electrons. The summed E-state index contributed by atoms with van der Waals surface area (Å²) in [5.41, 5.74) is 1.51. The SMILES string of the molecule is COc1ccc(C)c(NC(=O)N2CCN(CC(F)(F)F)[C@H](C)C2)c1. The minimum atomic E-state index is -4.23. The fraction of sp³-hybridized carbons (Fsp3) is 0.562. The van der Waals surface area contributed by atoms with E-state index < -0.39 is 12.7 Å². The Bertz CT molecular complexity index is 592. The van der Waals surface area contributed by atoms with Crippen LogP contribution in [0.5, 0.6) is 5.75 Å². The Morgan fingerprint density at radius 1 is 1.38 bits per heavy atom. The molecule has 24 heavy (non-hydrogen) atoms. The van der Waals surface area contributed by atoms with E-state index in [4.69, 9.17) is 4.74 Å². The number of ether oxygens (including phenoxy) is 1. The maximum Gasteiger partial charge on any atom is 0.401 e. The fourth-order valence-electron chi connectivity index (χ4n) is 2.70. The third-order valence-corrected chi connectivity index (χ3v) is 4.12.